The van der Waals surface area contributed by atoms with E-state index in [1.54, 1.807) is 12.1 Å². The van der Waals surface area contributed by atoms with Gasteiger partial charge in [0, 0.05) is 9.50 Å². The fourth-order valence-electron chi connectivity index (χ4n) is 0.525. The van der Waals surface area contributed by atoms with Crippen molar-refractivity contribution >= 4 is 50.7 Å². The van der Waals surface area contributed by atoms with Crippen LogP contribution in [0.3, 0.4) is 0 Å². The number of rotatable bonds is 0. The largest absolute Gasteiger partial charge is 1.00 e. The molecule has 1 rings (SSSR count). The zero-order valence-electron chi connectivity index (χ0n) is 6.93. The molecule has 72 valence electrons. The second kappa shape index (κ2) is 9.21. The zero-order valence-corrected chi connectivity index (χ0v) is 12.8. The molecule has 14 heavy (non-hydrogen) atoms. The molecule has 0 atom stereocenters. The van der Waals surface area contributed by atoms with Crippen molar-refractivity contribution in [3.05, 3.63) is 41.8 Å². The van der Waals surface area contributed by atoms with Gasteiger partial charge in [-0.25, -0.2) is 0 Å². The molecule has 0 heterocycles. The fourth-order valence-corrected chi connectivity index (χ4v) is 1.83. The van der Waals surface area contributed by atoms with Crippen LogP contribution in [0.25, 0.3) is 0 Å². The summed E-state index contributed by atoms with van der Waals surface area (Å²) in [6.45, 7) is 0. The minimum atomic E-state index is 0. The van der Waals surface area contributed by atoms with E-state index < -0.39 is 0 Å². The molecule has 0 saturated heterocycles. The predicted molar refractivity (Wildman–Crippen MR) is 58.3 cm³/mol. The summed E-state index contributed by atoms with van der Waals surface area (Å²) in [5, 5.41) is 10.5. The van der Waals surface area contributed by atoms with E-state index in [4.69, 9.17) is 44.9 Å². The van der Waals surface area contributed by atoms with Gasteiger partial charge in [0.15, 0.2) is 0 Å². The summed E-state index contributed by atoms with van der Waals surface area (Å²) in [4.78, 5) is 8.00. The van der Waals surface area contributed by atoms with Gasteiger partial charge in [0.25, 0.3) is 0 Å². The second-order valence-corrected chi connectivity index (χ2v) is 3.83. The molecular formula is C6H2BrCl3NNaO2. The summed E-state index contributed by atoms with van der Waals surface area (Å²) in [7, 11) is 0. The van der Waals surface area contributed by atoms with Gasteiger partial charge in [0.1, 0.15) is 0 Å². The van der Waals surface area contributed by atoms with Crippen molar-refractivity contribution in [1.29, 1.82) is 0 Å². The Morgan fingerprint density at radius 1 is 1.29 bits per heavy atom. The van der Waals surface area contributed by atoms with E-state index in [9.17, 15) is 0 Å². The number of hydrogen-bond donors (Lipinski definition) is 0. The summed E-state index contributed by atoms with van der Waals surface area (Å²) in [6.07, 6.45) is 0. The molecule has 8 heteroatoms. The first-order chi connectivity index (χ1) is 6.02. The van der Waals surface area contributed by atoms with E-state index in [-0.39, 0.29) is 29.6 Å². The molecule has 0 radical (unpaired) electrons. The predicted octanol–water partition coefficient (Wildman–Crippen LogP) is 1.66. The van der Waals surface area contributed by atoms with Gasteiger partial charge in [-0.3, -0.25) is 0 Å². The number of benzene rings is 1. The third-order valence-corrected chi connectivity index (χ3v) is 2.82. The van der Waals surface area contributed by atoms with Crippen LogP contribution in [0.1, 0.15) is 0 Å². The fraction of sp³-hybridized carbons (Fsp3) is 0. The molecule has 0 amide bonds. The summed E-state index contributed by atoms with van der Waals surface area (Å²) in [6, 6.07) is 3.28. The van der Waals surface area contributed by atoms with Crippen LogP contribution in [-0.2, 0) is 0 Å². The standard InChI is InChI=1S/C6H2BrCl3.HNO2.Na/c7-4-1-3(8)2-5(9)6(4)10;2-1-3;/h1-2H;(H,2,3);/q;;+1/p-1. The molecule has 0 aliphatic heterocycles. The molecule has 1 aromatic carbocycles. The Morgan fingerprint density at radius 3 is 2.07 bits per heavy atom. The van der Waals surface area contributed by atoms with Gasteiger partial charge >= 0.3 is 29.6 Å². The van der Waals surface area contributed by atoms with Crippen LogP contribution >= 0.6 is 50.7 Å². The van der Waals surface area contributed by atoms with Crippen LogP contribution in [0.5, 0.6) is 0 Å². The number of halogens is 4. The average molecular weight is 329 g/mol. The zero-order chi connectivity index (χ0) is 10.4. The van der Waals surface area contributed by atoms with Crippen molar-refractivity contribution < 1.29 is 29.6 Å². The smallest absolute Gasteiger partial charge is 0.444 e. The molecular weight excluding hydrogens is 327 g/mol. The SMILES string of the molecule is Clc1cc(Cl)c(Cl)c(Br)c1.O=N[O-].[Na+]. The van der Waals surface area contributed by atoms with Gasteiger partial charge in [0.2, 0.25) is 0 Å². The summed E-state index contributed by atoms with van der Waals surface area (Å²) in [5.74, 6) is 0. The molecule has 0 unspecified atom stereocenters. The van der Waals surface area contributed by atoms with Crippen LogP contribution in [0.4, 0.5) is 0 Å². The number of nitrogens with zero attached hydrogens (tertiary/aromatic N) is 1. The summed E-state index contributed by atoms with van der Waals surface area (Å²) >= 11 is 20.2. The van der Waals surface area contributed by atoms with Crippen LogP contribution < -0.4 is 29.6 Å². The van der Waals surface area contributed by atoms with E-state index in [1.165, 1.54) is 0 Å². The van der Waals surface area contributed by atoms with E-state index >= 15 is 0 Å². The molecule has 0 bridgehead atoms. The molecule has 0 fully saturated rings. The third kappa shape index (κ3) is 6.45. The molecule has 0 aromatic heterocycles. The maximum Gasteiger partial charge on any atom is 1.00 e. The minimum Gasteiger partial charge on any atom is -0.444 e. The Morgan fingerprint density at radius 2 is 1.71 bits per heavy atom. The van der Waals surface area contributed by atoms with Crippen molar-refractivity contribution in [1.82, 2.24) is 0 Å². The molecule has 3 nitrogen and oxygen atoms in total. The van der Waals surface area contributed by atoms with Crippen molar-refractivity contribution in [3.8, 4) is 0 Å². The van der Waals surface area contributed by atoms with Gasteiger partial charge in [0.05, 0.1) is 10.0 Å². The Hall–Kier alpha value is 0.970. The van der Waals surface area contributed by atoms with Crippen molar-refractivity contribution in [3.63, 3.8) is 0 Å². The Kier molecular flexibility index (Phi) is 11.4. The topological polar surface area (TPSA) is 52.5 Å². The minimum absolute atomic E-state index is 0. The van der Waals surface area contributed by atoms with E-state index in [1.807, 2.05) is 0 Å². The molecule has 0 aliphatic carbocycles. The second-order valence-electron chi connectivity index (χ2n) is 1.76. The van der Waals surface area contributed by atoms with Crippen LogP contribution in [-0.4, -0.2) is 0 Å². The van der Waals surface area contributed by atoms with Crippen LogP contribution in [0.2, 0.25) is 15.1 Å². The average Bonchev–Trinajstić information content (AvgIpc) is 2.01. The van der Waals surface area contributed by atoms with Crippen molar-refractivity contribution in [2.24, 2.45) is 5.34 Å². The van der Waals surface area contributed by atoms with E-state index in [2.05, 4.69) is 15.9 Å². The molecule has 0 aliphatic rings. The Bertz CT molecular complexity index is 290. The van der Waals surface area contributed by atoms with Gasteiger partial charge in [-0.15, -0.1) is 5.34 Å². The quantitative estimate of drug-likeness (QED) is 0.239. The third-order valence-electron chi connectivity index (χ3n) is 0.949. The summed E-state index contributed by atoms with van der Waals surface area (Å²) < 4.78 is 0.715. The normalized spacial score (nSPS) is 8.00. The van der Waals surface area contributed by atoms with Gasteiger partial charge < -0.3 is 10.1 Å². The Labute approximate surface area is 126 Å². The van der Waals surface area contributed by atoms with Gasteiger partial charge in [-0.2, -0.15) is 0 Å². The monoisotopic (exact) mass is 327 g/mol. The first-order valence-corrected chi connectivity index (χ1v) is 4.70. The first-order valence-electron chi connectivity index (χ1n) is 2.78. The maximum atomic E-state index is 8.00. The molecule has 0 N–H and O–H groups in total. The van der Waals surface area contributed by atoms with Gasteiger partial charge in [-0.1, -0.05) is 34.8 Å². The maximum absolute atomic E-state index is 8.00. The van der Waals surface area contributed by atoms with E-state index in [0.717, 1.165) is 5.34 Å². The van der Waals surface area contributed by atoms with E-state index in [0.29, 0.717) is 19.5 Å². The van der Waals surface area contributed by atoms with Crippen LogP contribution in [0.15, 0.2) is 21.9 Å². The van der Waals surface area contributed by atoms with Crippen molar-refractivity contribution in [2.75, 3.05) is 0 Å². The van der Waals surface area contributed by atoms with Crippen molar-refractivity contribution in [2.45, 2.75) is 0 Å². The summed E-state index contributed by atoms with van der Waals surface area (Å²) in [5.41, 5.74) is 0. The molecule has 0 saturated carbocycles. The Balaban J connectivity index is 0. The molecule has 0 spiro atoms. The van der Waals surface area contributed by atoms with Crippen LogP contribution in [0, 0.1) is 10.1 Å². The first kappa shape index (κ1) is 17.4. The van der Waals surface area contributed by atoms with Gasteiger partial charge in [-0.05, 0) is 28.1 Å². The number of hydrogen-bond acceptors (Lipinski definition) is 3. The molecule has 1 aromatic rings.